The number of pyridine rings is 1. The molecule has 0 N–H and O–H groups in total. The Kier molecular flexibility index (Phi) is 3.95. The van der Waals surface area contributed by atoms with Crippen LogP contribution in [-0.4, -0.2) is 19.9 Å². The van der Waals surface area contributed by atoms with Crippen LogP contribution in [0.15, 0.2) is 47.8 Å². The average molecular weight is 302 g/mol. The number of benzene rings is 1. The Bertz CT molecular complexity index is 836. The smallest absolute Gasteiger partial charge is 0.232 e. The molecule has 3 aromatic rings. The summed E-state index contributed by atoms with van der Waals surface area (Å²) >= 11 is 1.58. The van der Waals surface area contributed by atoms with E-state index in [1.807, 2.05) is 47.8 Å². The van der Waals surface area contributed by atoms with Gasteiger partial charge in [0.1, 0.15) is 19.5 Å². The van der Waals surface area contributed by atoms with Crippen molar-refractivity contribution in [1.82, 2.24) is 4.98 Å². The normalized spacial score (nSPS) is 10.2. The molecular weight excluding hydrogens is 291 g/mol. The van der Waals surface area contributed by atoms with E-state index < -0.39 is 0 Å². The standard InChI is InChI=1S/C17H11BN2OS/c1-21-17-14(10-19)13(16-3-2-8-22-16)9-15(20-17)11-4-6-12(18)7-5-11/h2-9H,1H3. The minimum Gasteiger partial charge on any atom is -0.480 e. The number of nitriles is 1. The van der Waals surface area contributed by atoms with Crippen LogP contribution in [-0.2, 0) is 0 Å². The zero-order valence-corrected chi connectivity index (χ0v) is 12.7. The summed E-state index contributed by atoms with van der Waals surface area (Å²) in [5, 5.41) is 11.4. The molecule has 2 heterocycles. The maximum Gasteiger partial charge on any atom is 0.232 e. The lowest BCUT2D eigenvalue weighted by Crippen LogP contribution is -2.01. The number of nitrogens with zero attached hydrogens (tertiary/aromatic N) is 2. The van der Waals surface area contributed by atoms with E-state index in [1.165, 1.54) is 7.11 Å². The van der Waals surface area contributed by atoms with E-state index in [-0.39, 0.29) is 0 Å². The molecule has 0 unspecified atom stereocenters. The van der Waals surface area contributed by atoms with Gasteiger partial charge >= 0.3 is 0 Å². The molecule has 1 aromatic carbocycles. The van der Waals surface area contributed by atoms with Gasteiger partial charge in [0.15, 0.2) is 0 Å². The van der Waals surface area contributed by atoms with Crippen LogP contribution in [0.2, 0.25) is 0 Å². The summed E-state index contributed by atoms with van der Waals surface area (Å²) in [5.41, 5.74) is 3.65. The number of thiophene rings is 1. The van der Waals surface area contributed by atoms with Gasteiger partial charge in [-0.25, -0.2) is 4.98 Å². The van der Waals surface area contributed by atoms with Crippen LogP contribution in [0, 0.1) is 11.3 Å². The van der Waals surface area contributed by atoms with Crippen LogP contribution in [0.4, 0.5) is 0 Å². The molecule has 22 heavy (non-hydrogen) atoms. The zero-order chi connectivity index (χ0) is 15.5. The predicted molar refractivity (Wildman–Crippen MR) is 89.6 cm³/mol. The molecule has 0 atom stereocenters. The first-order valence-electron chi connectivity index (χ1n) is 6.62. The molecule has 3 rings (SSSR count). The summed E-state index contributed by atoms with van der Waals surface area (Å²) < 4.78 is 5.31. The van der Waals surface area contributed by atoms with Crippen molar-refractivity contribution >= 4 is 24.6 Å². The lowest BCUT2D eigenvalue weighted by Gasteiger charge is -2.10. The van der Waals surface area contributed by atoms with Crippen molar-refractivity contribution < 1.29 is 4.74 Å². The Hall–Kier alpha value is -2.58. The minimum absolute atomic E-state index is 0.334. The highest BCUT2D eigenvalue weighted by Gasteiger charge is 2.16. The number of hydrogen-bond donors (Lipinski definition) is 0. The number of rotatable bonds is 3. The maximum atomic E-state index is 9.45. The van der Waals surface area contributed by atoms with E-state index in [0.717, 1.165) is 21.7 Å². The van der Waals surface area contributed by atoms with Crippen LogP contribution < -0.4 is 10.2 Å². The van der Waals surface area contributed by atoms with Gasteiger partial charge in [-0.05, 0) is 17.5 Å². The van der Waals surface area contributed by atoms with Crippen LogP contribution in [0.3, 0.4) is 0 Å². The van der Waals surface area contributed by atoms with Crippen molar-refractivity contribution in [2.75, 3.05) is 7.11 Å². The average Bonchev–Trinajstić information content (AvgIpc) is 3.08. The van der Waals surface area contributed by atoms with Gasteiger partial charge in [0, 0.05) is 16.0 Å². The molecule has 104 valence electrons. The molecule has 0 amide bonds. The van der Waals surface area contributed by atoms with E-state index in [2.05, 4.69) is 11.1 Å². The maximum absolute atomic E-state index is 9.45. The van der Waals surface area contributed by atoms with Crippen LogP contribution in [0.25, 0.3) is 21.7 Å². The Morgan fingerprint density at radius 3 is 2.59 bits per heavy atom. The SMILES string of the molecule is [B]c1ccc(-c2cc(-c3cccs3)c(C#N)c(OC)n2)cc1. The van der Waals surface area contributed by atoms with Crippen molar-refractivity contribution in [1.29, 1.82) is 5.26 Å². The molecule has 0 fully saturated rings. The molecule has 2 radical (unpaired) electrons. The lowest BCUT2D eigenvalue weighted by molar-refractivity contribution is 0.397. The summed E-state index contributed by atoms with van der Waals surface area (Å²) in [5.74, 6) is 0.334. The van der Waals surface area contributed by atoms with E-state index >= 15 is 0 Å². The summed E-state index contributed by atoms with van der Waals surface area (Å²) in [7, 11) is 7.25. The molecule has 3 nitrogen and oxygen atoms in total. The fourth-order valence-corrected chi connectivity index (χ4v) is 2.95. The highest BCUT2D eigenvalue weighted by molar-refractivity contribution is 7.13. The topological polar surface area (TPSA) is 45.9 Å². The second kappa shape index (κ2) is 6.04. The monoisotopic (exact) mass is 302 g/mol. The first-order chi connectivity index (χ1) is 10.7. The van der Waals surface area contributed by atoms with Gasteiger partial charge in [0.05, 0.1) is 12.8 Å². The summed E-state index contributed by atoms with van der Waals surface area (Å²) in [6, 6.07) is 15.5. The number of ether oxygens (including phenoxy) is 1. The quantitative estimate of drug-likeness (QED) is 0.698. The van der Waals surface area contributed by atoms with Gasteiger partial charge in [0.25, 0.3) is 0 Å². The molecule has 2 aromatic heterocycles. The third kappa shape index (κ3) is 2.61. The van der Waals surface area contributed by atoms with Gasteiger partial charge in [-0.15, -0.1) is 11.3 Å². The number of methoxy groups -OCH3 is 1. The lowest BCUT2D eigenvalue weighted by atomic mass is 9.94. The van der Waals surface area contributed by atoms with Crippen molar-refractivity contribution in [3.8, 4) is 33.6 Å². The van der Waals surface area contributed by atoms with Gasteiger partial charge in [-0.3, -0.25) is 0 Å². The fourth-order valence-electron chi connectivity index (χ4n) is 2.21. The molecule has 0 aliphatic rings. The van der Waals surface area contributed by atoms with Crippen molar-refractivity contribution in [2.45, 2.75) is 0 Å². The summed E-state index contributed by atoms with van der Waals surface area (Å²) in [6.45, 7) is 0. The third-order valence-corrected chi connectivity index (χ3v) is 4.19. The van der Waals surface area contributed by atoms with E-state index in [0.29, 0.717) is 16.9 Å². The Balaban J connectivity index is 2.23. The highest BCUT2D eigenvalue weighted by atomic mass is 32.1. The number of hydrogen-bond acceptors (Lipinski definition) is 4. The van der Waals surface area contributed by atoms with Gasteiger partial charge in [0.2, 0.25) is 5.88 Å². The van der Waals surface area contributed by atoms with E-state index in [4.69, 9.17) is 12.6 Å². The molecular formula is C17H11BN2OS. The summed E-state index contributed by atoms with van der Waals surface area (Å²) in [6.07, 6.45) is 0. The Labute approximate surface area is 134 Å². The molecule has 0 aliphatic carbocycles. The van der Waals surface area contributed by atoms with Crippen LogP contribution in [0.5, 0.6) is 5.88 Å². The predicted octanol–water partition coefficient (Wildman–Crippen LogP) is 3.15. The van der Waals surface area contributed by atoms with Crippen LogP contribution >= 0.6 is 11.3 Å². The second-order valence-corrected chi connectivity index (χ2v) is 5.60. The summed E-state index contributed by atoms with van der Waals surface area (Å²) in [4.78, 5) is 5.46. The highest BCUT2D eigenvalue weighted by Crippen LogP contribution is 2.35. The molecule has 0 saturated heterocycles. The van der Waals surface area contributed by atoms with Crippen LogP contribution in [0.1, 0.15) is 5.56 Å². The van der Waals surface area contributed by atoms with Crippen molar-refractivity contribution in [3.63, 3.8) is 0 Å². The third-order valence-electron chi connectivity index (χ3n) is 3.28. The van der Waals surface area contributed by atoms with E-state index in [1.54, 1.807) is 11.3 Å². The first kappa shape index (κ1) is 14.4. The van der Waals surface area contributed by atoms with Crippen molar-refractivity contribution in [3.05, 3.63) is 53.4 Å². The first-order valence-corrected chi connectivity index (χ1v) is 7.50. The Morgan fingerprint density at radius 1 is 1.23 bits per heavy atom. The zero-order valence-electron chi connectivity index (χ0n) is 11.9. The number of aromatic nitrogens is 1. The molecule has 0 bridgehead atoms. The van der Waals surface area contributed by atoms with Gasteiger partial charge < -0.3 is 4.74 Å². The van der Waals surface area contributed by atoms with E-state index in [9.17, 15) is 5.26 Å². The Morgan fingerprint density at radius 2 is 2.00 bits per heavy atom. The largest absolute Gasteiger partial charge is 0.480 e. The van der Waals surface area contributed by atoms with Crippen molar-refractivity contribution in [2.24, 2.45) is 0 Å². The molecule has 0 aliphatic heterocycles. The molecule has 0 saturated carbocycles. The minimum atomic E-state index is 0.334. The fraction of sp³-hybridized carbons (Fsp3) is 0.0588. The van der Waals surface area contributed by atoms with Gasteiger partial charge in [-0.2, -0.15) is 5.26 Å². The van der Waals surface area contributed by atoms with Gasteiger partial charge in [-0.1, -0.05) is 35.8 Å². The molecule has 5 heteroatoms. The molecule has 0 spiro atoms. The second-order valence-electron chi connectivity index (χ2n) is 4.65.